The van der Waals surface area contributed by atoms with E-state index in [1.807, 2.05) is 44.4 Å². The van der Waals surface area contributed by atoms with Crippen molar-refractivity contribution < 1.29 is 9.59 Å². The van der Waals surface area contributed by atoms with E-state index in [2.05, 4.69) is 0 Å². The highest BCUT2D eigenvalue weighted by atomic mass is 32.2. The normalized spacial score (nSPS) is 11.1. The molecule has 3 nitrogen and oxygen atoms in total. The minimum absolute atomic E-state index is 0.00633. The van der Waals surface area contributed by atoms with Gasteiger partial charge in [0.2, 0.25) is 5.91 Å². The fourth-order valence-electron chi connectivity index (χ4n) is 1.76. The fourth-order valence-corrected chi connectivity index (χ4v) is 2.37. The molecule has 0 N–H and O–H groups in total. The van der Waals surface area contributed by atoms with E-state index in [1.54, 1.807) is 23.6 Å². The van der Waals surface area contributed by atoms with Crippen LogP contribution in [0.2, 0.25) is 0 Å². The second-order valence-corrected chi connectivity index (χ2v) is 5.09. The zero-order valence-electron chi connectivity index (χ0n) is 13.3. The molecule has 0 radical (unpaired) electrons. The molecular weight excluding hydrogens is 270 g/mol. The summed E-state index contributed by atoms with van der Waals surface area (Å²) in [5.41, 5.74) is 1.08. The number of thioether (sulfide) groups is 1. The number of hydrogen-bond donors (Lipinski definition) is 0. The molecule has 1 rings (SSSR count). The van der Waals surface area contributed by atoms with Crippen LogP contribution in [-0.4, -0.2) is 28.9 Å². The van der Waals surface area contributed by atoms with Crippen LogP contribution in [0.4, 0.5) is 0 Å². The van der Waals surface area contributed by atoms with E-state index in [-0.39, 0.29) is 17.7 Å². The monoisotopic (exact) mass is 295 g/mol. The Hall–Kier alpha value is -1.29. The summed E-state index contributed by atoms with van der Waals surface area (Å²) in [6, 6.07) is 7.57. The van der Waals surface area contributed by atoms with Gasteiger partial charge in [0.05, 0.1) is 6.04 Å². The molecule has 0 spiro atoms. The number of carbonyl (C=O) groups excluding carboxylic acids is 2. The Kier molecular flexibility index (Phi) is 8.97. The molecule has 0 aliphatic rings. The summed E-state index contributed by atoms with van der Waals surface area (Å²) in [6.45, 7) is 9.26. The Balaban J connectivity index is 0.00000172. The molecular formula is C16H25NO2S. The van der Waals surface area contributed by atoms with E-state index in [4.69, 9.17) is 0 Å². The topological polar surface area (TPSA) is 37.4 Å². The molecule has 1 aromatic carbocycles. The second-order valence-electron chi connectivity index (χ2n) is 4.25. The zero-order valence-corrected chi connectivity index (χ0v) is 14.1. The zero-order chi connectivity index (χ0) is 15.7. The largest absolute Gasteiger partial charge is 0.329 e. The average Bonchev–Trinajstić information content (AvgIpc) is 2.46. The minimum atomic E-state index is -0.377. The molecule has 1 aromatic rings. The van der Waals surface area contributed by atoms with E-state index >= 15 is 0 Å². The van der Waals surface area contributed by atoms with Crippen molar-refractivity contribution in [2.75, 3.05) is 6.26 Å². The van der Waals surface area contributed by atoms with Crippen molar-refractivity contribution in [3.63, 3.8) is 0 Å². The number of benzene rings is 1. The molecule has 0 aliphatic carbocycles. The number of Topliss-reactive ketones (excluding diaryl/α,β-unsaturated/α-hetero) is 1. The first-order chi connectivity index (χ1) is 9.47. The van der Waals surface area contributed by atoms with Gasteiger partial charge in [0.1, 0.15) is 0 Å². The van der Waals surface area contributed by atoms with Crippen molar-refractivity contribution >= 4 is 23.5 Å². The summed E-state index contributed by atoms with van der Waals surface area (Å²) in [7, 11) is 0. The molecule has 0 saturated heterocycles. The lowest BCUT2D eigenvalue weighted by Gasteiger charge is -2.27. The van der Waals surface area contributed by atoms with Gasteiger partial charge in [0.15, 0.2) is 5.78 Å². The third-order valence-corrected chi connectivity index (χ3v) is 3.83. The number of carbonyl (C=O) groups is 2. The summed E-state index contributed by atoms with van der Waals surface area (Å²) in [6.07, 6.45) is 2.01. The van der Waals surface area contributed by atoms with Crippen LogP contribution in [0, 0.1) is 0 Å². The van der Waals surface area contributed by atoms with Gasteiger partial charge in [-0.05, 0) is 31.7 Å². The summed E-state index contributed by atoms with van der Waals surface area (Å²) >= 11 is 1.65. The number of amides is 1. The third-order valence-electron chi connectivity index (χ3n) is 2.99. The second kappa shape index (κ2) is 9.59. The van der Waals surface area contributed by atoms with E-state index in [0.717, 1.165) is 10.5 Å². The Morgan fingerprint density at radius 2 is 1.75 bits per heavy atom. The summed E-state index contributed by atoms with van der Waals surface area (Å²) in [4.78, 5) is 25.8. The van der Waals surface area contributed by atoms with Crippen molar-refractivity contribution in [2.45, 2.75) is 52.1 Å². The van der Waals surface area contributed by atoms with Crippen LogP contribution < -0.4 is 0 Å². The van der Waals surface area contributed by atoms with Gasteiger partial charge in [0.25, 0.3) is 0 Å². The van der Waals surface area contributed by atoms with Crippen LogP contribution in [0.1, 0.15) is 40.2 Å². The van der Waals surface area contributed by atoms with Gasteiger partial charge in [-0.25, -0.2) is 0 Å². The molecule has 0 saturated carbocycles. The van der Waals surface area contributed by atoms with Gasteiger partial charge in [-0.2, -0.15) is 0 Å². The maximum Gasteiger partial charge on any atom is 0.220 e. The number of hydrogen-bond acceptors (Lipinski definition) is 3. The van der Waals surface area contributed by atoms with Gasteiger partial charge in [0, 0.05) is 18.4 Å². The maximum atomic E-state index is 11.7. The Bertz CT molecular complexity index is 446. The van der Waals surface area contributed by atoms with E-state index in [0.29, 0.717) is 6.54 Å². The van der Waals surface area contributed by atoms with Crippen molar-refractivity contribution in [2.24, 2.45) is 0 Å². The fraction of sp³-hybridized carbons (Fsp3) is 0.500. The van der Waals surface area contributed by atoms with Crippen molar-refractivity contribution in [3.8, 4) is 0 Å². The van der Waals surface area contributed by atoms with Crippen LogP contribution in [0.15, 0.2) is 29.2 Å². The SMILES string of the molecule is CC.CSc1ccccc1CN(C(C)=O)C(C)C(C)=O. The van der Waals surface area contributed by atoms with Gasteiger partial charge >= 0.3 is 0 Å². The highest BCUT2D eigenvalue weighted by Crippen LogP contribution is 2.22. The minimum Gasteiger partial charge on any atom is -0.329 e. The molecule has 1 atom stereocenters. The van der Waals surface area contributed by atoms with Crippen LogP contribution in [0.3, 0.4) is 0 Å². The molecule has 20 heavy (non-hydrogen) atoms. The highest BCUT2D eigenvalue weighted by molar-refractivity contribution is 7.98. The third kappa shape index (κ3) is 5.37. The standard InChI is InChI=1S/C14H19NO2S.C2H6/c1-10(11(2)16)15(12(3)17)9-13-7-5-6-8-14(13)18-4;1-2/h5-8,10H,9H2,1-4H3;1-2H3. The summed E-state index contributed by atoms with van der Waals surface area (Å²) in [5.74, 6) is -0.0690. The quantitative estimate of drug-likeness (QED) is 0.776. The van der Waals surface area contributed by atoms with Gasteiger partial charge in [-0.15, -0.1) is 11.8 Å². The summed E-state index contributed by atoms with van der Waals surface area (Å²) < 4.78 is 0. The first-order valence-corrected chi connectivity index (χ1v) is 8.09. The lowest BCUT2D eigenvalue weighted by molar-refractivity contribution is -0.137. The first kappa shape index (κ1) is 18.7. The predicted molar refractivity (Wildman–Crippen MR) is 85.9 cm³/mol. The Labute approximate surface area is 126 Å². The molecule has 1 unspecified atom stereocenters. The van der Waals surface area contributed by atoms with Crippen LogP contribution in [0.25, 0.3) is 0 Å². The molecule has 1 amide bonds. The van der Waals surface area contributed by atoms with Gasteiger partial charge in [-0.3, -0.25) is 9.59 Å². The molecule has 0 heterocycles. The molecule has 0 fully saturated rings. The average molecular weight is 295 g/mol. The Morgan fingerprint density at radius 1 is 1.20 bits per heavy atom. The van der Waals surface area contributed by atoms with Gasteiger partial charge in [-0.1, -0.05) is 32.0 Å². The lowest BCUT2D eigenvalue weighted by Crippen LogP contribution is -2.40. The molecule has 112 valence electrons. The van der Waals surface area contributed by atoms with Crippen LogP contribution in [-0.2, 0) is 16.1 Å². The van der Waals surface area contributed by atoms with E-state index < -0.39 is 0 Å². The van der Waals surface area contributed by atoms with E-state index in [9.17, 15) is 9.59 Å². The molecule has 0 aliphatic heterocycles. The smallest absolute Gasteiger partial charge is 0.220 e. The predicted octanol–water partition coefficient (Wildman–Crippen LogP) is 3.76. The summed E-state index contributed by atoms with van der Waals surface area (Å²) in [5, 5.41) is 0. The van der Waals surface area contributed by atoms with Gasteiger partial charge < -0.3 is 4.90 Å². The lowest BCUT2D eigenvalue weighted by atomic mass is 10.1. The number of nitrogens with zero attached hydrogens (tertiary/aromatic N) is 1. The van der Waals surface area contributed by atoms with Crippen molar-refractivity contribution in [1.82, 2.24) is 4.90 Å². The van der Waals surface area contributed by atoms with E-state index in [1.165, 1.54) is 13.8 Å². The number of rotatable bonds is 5. The van der Waals surface area contributed by atoms with Crippen molar-refractivity contribution in [3.05, 3.63) is 29.8 Å². The maximum absolute atomic E-state index is 11.7. The molecule has 0 bridgehead atoms. The molecule has 0 aromatic heterocycles. The van der Waals surface area contributed by atoms with Crippen LogP contribution in [0.5, 0.6) is 0 Å². The highest BCUT2D eigenvalue weighted by Gasteiger charge is 2.21. The van der Waals surface area contributed by atoms with Crippen molar-refractivity contribution in [1.29, 1.82) is 0 Å². The Morgan fingerprint density at radius 3 is 2.20 bits per heavy atom. The number of ketones is 1. The van der Waals surface area contributed by atoms with Crippen LogP contribution >= 0.6 is 11.8 Å². The first-order valence-electron chi connectivity index (χ1n) is 6.87. The molecule has 4 heteroatoms.